The van der Waals surface area contributed by atoms with Crippen LogP contribution >= 0.6 is 27.5 Å². The minimum Gasteiger partial charge on any atom is -0.461 e. The molecule has 0 radical (unpaired) electrons. The summed E-state index contributed by atoms with van der Waals surface area (Å²) in [4.78, 5) is 13.3. The second-order valence-electron chi connectivity index (χ2n) is 8.71. The summed E-state index contributed by atoms with van der Waals surface area (Å²) in [6.07, 6.45) is 1.28. The van der Waals surface area contributed by atoms with Gasteiger partial charge >= 0.3 is 0 Å². The fourth-order valence-corrected chi connectivity index (χ4v) is 5.26. The van der Waals surface area contributed by atoms with Gasteiger partial charge in [0.15, 0.2) is 5.78 Å². The van der Waals surface area contributed by atoms with Crippen molar-refractivity contribution in [3.63, 3.8) is 0 Å². The Kier molecular flexibility index (Phi) is 4.38. The van der Waals surface area contributed by atoms with Crippen LogP contribution in [-0.4, -0.2) is 5.78 Å². The summed E-state index contributed by atoms with van der Waals surface area (Å²) in [6.45, 7) is 4.25. The standard InChI is InChI=1S/C25H20BrClO2/c1-25(2)12-19(28)24-21(13-25)29-20-9-6-14-10-16(26)7-8-18(14)23(20)22(24)15-4-3-5-17(27)11-15/h3-11,22H,12-13H2,1-2H3. The average molecular weight is 468 g/mol. The number of ether oxygens (including phenoxy) is 1. The molecule has 1 heterocycles. The molecule has 3 aromatic carbocycles. The number of Topliss-reactive ketones (excluding diaryl/α,β-unsaturated/α-hetero) is 1. The van der Waals surface area contributed by atoms with Crippen molar-refractivity contribution in [2.75, 3.05) is 0 Å². The Labute approximate surface area is 183 Å². The Morgan fingerprint density at radius 2 is 1.90 bits per heavy atom. The smallest absolute Gasteiger partial charge is 0.163 e. The lowest BCUT2D eigenvalue weighted by atomic mass is 9.69. The molecule has 1 aliphatic heterocycles. The fraction of sp³-hybridized carbons (Fsp3) is 0.240. The molecule has 0 bridgehead atoms. The van der Waals surface area contributed by atoms with E-state index >= 15 is 0 Å². The highest BCUT2D eigenvalue weighted by molar-refractivity contribution is 9.10. The molecular formula is C25H20BrClO2. The molecule has 5 rings (SSSR count). The van der Waals surface area contributed by atoms with E-state index in [0.29, 0.717) is 11.4 Å². The second-order valence-corrected chi connectivity index (χ2v) is 10.1. The summed E-state index contributed by atoms with van der Waals surface area (Å²) in [7, 11) is 0. The summed E-state index contributed by atoms with van der Waals surface area (Å²) in [6, 6.07) is 18.2. The van der Waals surface area contributed by atoms with Gasteiger partial charge in [-0.3, -0.25) is 4.79 Å². The molecule has 0 amide bonds. The molecule has 4 heteroatoms. The summed E-state index contributed by atoms with van der Waals surface area (Å²) in [5.41, 5.74) is 2.75. The fourth-order valence-electron chi connectivity index (χ4n) is 4.68. The topological polar surface area (TPSA) is 26.3 Å². The van der Waals surface area contributed by atoms with Crippen LogP contribution in [0.4, 0.5) is 0 Å². The summed E-state index contributed by atoms with van der Waals surface area (Å²) in [5.74, 6) is 1.62. The molecule has 2 aliphatic rings. The molecule has 0 spiro atoms. The summed E-state index contributed by atoms with van der Waals surface area (Å²) >= 11 is 9.91. The first-order valence-corrected chi connectivity index (χ1v) is 10.9. The van der Waals surface area contributed by atoms with Crippen LogP contribution in [0.2, 0.25) is 5.02 Å². The Balaban J connectivity index is 1.83. The highest BCUT2D eigenvalue weighted by Crippen LogP contribution is 2.52. The maximum Gasteiger partial charge on any atom is 0.163 e. The van der Waals surface area contributed by atoms with Gasteiger partial charge in [-0.2, -0.15) is 0 Å². The third-order valence-corrected chi connectivity index (χ3v) is 6.58. The summed E-state index contributed by atoms with van der Waals surface area (Å²) in [5, 5.41) is 2.88. The Bertz CT molecular complexity index is 1210. The van der Waals surface area contributed by atoms with Crippen molar-refractivity contribution in [3.8, 4) is 5.75 Å². The zero-order valence-corrected chi connectivity index (χ0v) is 18.6. The van der Waals surface area contributed by atoms with Crippen LogP contribution in [0.25, 0.3) is 10.8 Å². The number of rotatable bonds is 1. The SMILES string of the molecule is CC1(C)CC(=O)C2=C(C1)Oc1ccc3cc(Br)ccc3c1C2c1cccc(Cl)c1. The third-order valence-electron chi connectivity index (χ3n) is 5.86. The lowest BCUT2D eigenvalue weighted by Gasteiger charge is -2.38. The maximum absolute atomic E-state index is 13.3. The highest BCUT2D eigenvalue weighted by atomic mass is 79.9. The first kappa shape index (κ1) is 18.9. The van der Waals surface area contributed by atoms with Crippen LogP contribution in [0.3, 0.4) is 0 Å². The van der Waals surface area contributed by atoms with E-state index in [9.17, 15) is 4.79 Å². The number of halogens is 2. The molecule has 1 aliphatic carbocycles. The molecule has 0 fully saturated rings. The van der Waals surface area contributed by atoms with Crippen molar-refractivity contribution in [1.82, 2.24) is 0 Å². The minimum atomic E-state index is -0.180. The van der Waals surface area contributed by atoms with E-state index in [1.54, 1.807) is 0 Å². The maximum atomic E-state index is 13.3. The van der Waals surface area contributed by atoms with Crippen molar-refractivity contribution in [1.29, 1.82) is 0 Å². The van der Waals surface area contributed by atoms with Gasteiger partial charge in [0.25, 0.3) is 0 Å². The lowest BCUT2D eigenvalue weighted by molar-refractivity contribution is -0.118. The predicted molar refractivity (Wildman–Crippen MR) is 121 cm³/mol. The highest BCUT2D eigenvalue weighted by Gasteiger charge is 2.42. The minimum absolute atomic E-state index is 0.103. The van der Waals surface area contributed by atoms with Crippen LogP contribution in [0.1, 0.15) is 43.7 Å². The number of hydrogen-bond donors (Lipinski definition) is 0. The van der Waals surface area contributed by atoms with Gasteiger partial charge in [-0.1, -0.05) is 65.6 Å². The first-order valence-electron chi connectivity index (χ1n) is 9.74. The van der Waals surface area contributed by atoms with E-state index in [2.05, 4.69) is 54.0 Å². The van der Waals surface area contributed by atoms with Crippen molar-refractivity contribution in [3.05, 3.63) is 86.6 Å². The molecule has 146 valence electrons. The number of carbonyl (C=O) groups excluding carboxylic acids is 1. The van der Waals surface area contributed by atoms with E-state index in [-0.39, 0.29) is 17.1 Å². The van der Waals surface area contributed by atoms with Gasteiger partial charge in [0, 0.05) is 39.4 Å². The molecule has 29 heavy (non-hydrogen) atoms. The molecule has 1 atom stereocenters. The van der Waals surface area contributed by atoms with Gasteiger partial charge in [0.1, 0.15) is 11.5 Å². The first-order chi connectivity index (χ1) is 13.8. The predicted octanol–water partition coefficient (Wildman–Crippen LogP) is 7.42. The third kappa shape index (κ3) is 3.21. The van der Waals surface area contributed by atoms with Crippen LogP contribution in [-0.2, 0) is 4.79 Å². The molecule has 0 aromatic heterocycles. The van der Waals surface area contributed by atoms with E-state index in [1.807, 2.05) is 30.3 Å². The molecule has 3 aromatic rings. The van der Waals surface area contributed by atoms with E-state index < -0.39 is 0 Å². The van der Waals surface area contributed by atoms with E-state index in [4.69, 9.17) is 16.3 Å². The number of hydrogen-bond acceptors (Lipinski definition) is 2. The van der Waals surface area contributed by atoms with Gasteiger partial charge in [0.2, 0.25) is 0 Å². The van der Waals surface area contributed by atoms with Crippen LogP contribution in [0.15, 0.2) is 70.4 Å². The Hall–Kier alpha value is -2.10. The van der Waals surface area contributed by atoms with Crippen molar-refractivity contribution < 1.29 is 9.53 Å². The van der Waals surface area contributed by atoms with Gasteiger partial charge in [-0.25, -0.2) is 0 Å². The van der Waals surface area contributed by atoms with Crippen LogP contribution in [0, 0.1) is 5.41 Å². The molecular weight excluding hydrogens is 448 g/mol. The molecule has 1 unspecified atom stereocenters. The van der Waals surface area contributed by atoms with Crippen molar-refractivity contribution in [2.24, 2.45) is 5.41 Å². The zero-order chi connectivity index (χ0) is 20.3. The van der Waals surface area contributed by atoms with Gasteiger partial charge < -0.3 is 4.74 Å². The average Bonchev–Trinajstić information content (AvgIpc) is 2.65. The number of benzene rings is 3. The van der Waals surface area contributed by atoms with Gasteiger partial charge in [0.05, 0.1) is 0 Å². The Morgan fingerprint density at radius 3 is 2.69 bits per heavy atom. The number of carbonyl (C=O) groups is 1. The Morgan fingerprint density at radius 1 is 1.07 bits per heavy atom. The molecule has 0 saturated carbocycles. The van der Waals surface area contributed by atoms with E-state index in [1.165, 1.54) is 0 Å². The van der Waals surface area contributed by atoms with Crippen LogP contribution < -0.4 is 4.74 Å². The lowest BCUT2D eigenvalue weighted by Crippen LogP contribution is -2.33. The normalized spacial score (nSPS) is 20.3. The van der Waals surface area contributed by atoms with E-state index in [0.717, 1.165) is 49.9 Å². The van der Waals surface area contributed by atoms with Crippen LogP contribution in [0.5, 0.6) is 5.75 Å². The summed E-state index contributed by atoms with van der Waals surface area (Å²) < 4.78 is 7.40. The quantitative estimate of drug-likeness (QED) is 0.372. The van der Waals surface area contributed by atoms with Gasteiger partial charge in [-0.15, -0.1) is 0 Å². The number of allylic oxidation sites excluding steroid dienone is 2. The largest absolute Gasteiger partial charge is 0.461 e. The molecule has 0 saturated heterocycles. The number of ketones is 1. The molecule has 0 N–H and O–H groups in total. The monoisotopic (exact) mass is 466 g/mol. The van der Waals surface area contributed by atoms with Gasteiger partial charge in [-0.05, 0) is 52.1 Å². The molecule has 2 nitrogen and oxygen atoms in total. The van der Waals surface area contributed by atoms with Crippen molar-refractivity contribution >= 4 is 44.1 Å². The second kappa shape index (κ2) is 6.72. The van der Waals surface area contributed by atoms with Crippen molar-refractivity contribution in [2.45, 2.75) is 32.6 Å². The number of fused-ring (bicyclic) bond motifs is 3. The zero-order valence-electron chi connectivity index (χ0n) is 16.3.